The predicted octanol–water partition coefficient (Wildman–Crippen LogP) is 1.73. The molecule has 1 heterocycles. The van der Waals surface area contributed by atoms with Gasteiger partial charge < -0.3 is 15.1 Å². The van der Waals surface area contributed by atoms with Gasteiger partial charge in [-0.2, -0.15) is 11.8 Å². The first kappa shape index (κ1) is 18.6. The van der Waals surface area contributed by atoms with Crippen molar-refractivity contribution in [2.75, 3.05) is 43.9 Å². The lowest BCUT2D eigenvalue weighted by Gasteiger charge is -2.36. The minimum Gasteiger partial charge on any atom is -0.368 e. The molecule has 132 valence electrons. The number of piperazine rings is 1. The fourth-order valence-corrected chi connectivity index (χ4v) is 2.86. The zero-order chi connectivity index (χ0) is 17.5. The van der Waals surface area contributed by atoms with E-state index in [9.17, 15) is 14.0 Å². The Kier molecular flexibility index (Phi) is 6.90. The molecule has 1 aromatic rings. The Balaban J connectivity index is 1.72. The maximum Gasteiger partial charge on any atom is 0.232 e. The molecule has 1 aliphatic rings. The molecule has 1 unspecified atom stereocenters. The lowest BCUT2D eigenvalue weighted by Crippen LogP contribution is -2.49. The lowest BCUT2D eigenvalue weighted by molar-refractivity contribution is -0.131. The Morgan fingerprint density at radius 3 is 2.42 bits per heavy atom. The maximum atomic E-state index is 13.0. The fourth-order valence-electron chi connectivity index (χ4n) is 2.57. The van der Waals surface area contributed by atoms with Crippen LogP contribution in [0.5, 0.6) is 0 Å². The number of halogens is 1. The minimum atomic E-state index is -0.245. The van der Waals surface area contributed by atoms with E-state index in [1.165, 1.54) is 23.9 Å². The molecule has 0 bridgehead atoms. The van der Waals surface area contributed by atoms with Crippen LogP contribution < -0.4 is 10.2 Å². The average Bonchev–Trinajstić information content (AvgIpc) is 2.61. The van der Waals surface area contributed by atoms with E-state index in [0.717, 1.165) is 18.8 Å². The molecule has 2 rings (SSSR count). The van der Waals surface area contributed by atoms with Crippen molar-refractivity contribution >= 4 is 29.3 Å². The Morgan fingerprint density at radius 2 is 1.83 bits per heavy atom. The van der Waals surface area contributed by atoms with Gasteiger partial charge in [-0.1, -0.05) is 0 Å². The number of thioether (sulfide) groups is 1. The molecule has 7 heteroatoms. The summed E-state index contributed by atoms with van der Waals surface area (Å²) >= 11 is 1.48. The molecule has 1 saturated heterocycles. The van der Waals surface area contributed by atoms with Crippen LogP contribution >= 0.6 is 11.8 Å². The molecule has 24 heavy (non-hydrogen) atoms. The summed E-state index contributed by atoms with van der Waals surface area (Å²) in [6.45, 7) is 4.97. The number of carbonyl (C=O) groups excluding carboxylic acids is 2. The number of anilines is 1. The highest BCUT2D eigenvalue weighted by molar-refractivity contribution is 7.99. The Bertz CT molecular complexity index is 559. The predicted molar refractivity (Wildman–Crippen MR) is 95.8 cm³/mol. The largest absolute Gasteiger partial charge is 0.368 e. The summed E-state index contributed by atoms with van der Waals surface area (Å²) in [5.74, 6) is -0.215. The number of carbonyl (C=O) groups is 2. The first-order valence-electron chi connectivity index (χ1n) is 8.10. The third-order valence-electron chi connectivity index (χ3n) is 4.19. The van der Waals surface area contributed by atoms with Gasteiger partial charge in [-0.3, -0.25) is 9.59 Å². The summed E-state index contributed by atoms with van der Waals surface area (Å²) in [5.41, 5.74) is 0.974. The lowest BCUT2D eigenvalue weighted by atomic mass is 10.2. The number of hydrogen-bond donors (Lipinski definition) is 1. The van der Waals surface area contributed by atoms with E-state index >= 15 is 0 Å². The number of rotatable bonds is 6. The molecule has 5 nitrogen and oxygen atoms in total. The van der Waals surface area contributed by atoms with Gasteiger partial charge in [-0.15, -0.1) is 0 Å². The van der Waals surface area contributed by atoms with Gasteiger partial charge in [0.1, 0.15) is 5.82 Å². The van der Waals surface area contributed by atoms with Gasteiger partial charge in [0.05, 0.1) is 5.25 Å². The average molecular weight is 353 g/mol. The Morgan fingerprint density at radius 1 is 1.21 bits per heavy atom. The normalized spacial score (nSPS) is 16.0. The highest BCUT2D eigenvalue weighted by Gasteiger charge is 2.21. The molecule has 0 saturated carbocycles. The zero-order valence-corrected chi connectivity index (χ0v) is 14.9. The molecule has 1 fully saturated rings. The first-order valence-corrected chi connectivity index (χ1v) is 9.39. The van der Waals surface area contributed by atoms with E-state index in [1.54, 1.807) is 12.1 Å². The van der Waals surface area contributed by atoms with Crippen molar-refractivity contribution in [3.05, 3.63) is 30.1 Å². The van der Waals surface area contributed by atoms with Crippen molar-refractivity contribution in [2.45, 2.75) is 18.6 Å². The topological polar surface area (TPSA) is 52.7 Å². The van der Waals surface area contributed by atoms with Crippen molar-refractivity contribution < 1.29 is 14.0 Å². The zero-order valence-electron chi connectivity index (χ0n) is 14.1. The van der Waals surface area contributed by atoms with Gasteiger partial charge in [0.2, 0.25) is 11.8 Å². The molecule has 0 aromatic heterocycles. The number of amides is 2. The molecular weight excluding hydrogens is 329 g/mol. The van der Waals surface area contributed by atoms with Crippen molar-refractivity contribution in [2.24, 2.45) is 0 Å². The highest BCUT2D eigenvalue weighted by atomic mass is 32.2. The summed E-state index contributed by atoms with van der Waals surface area (Å²) in [6.07, 6.45) is 2.21. The summed E-state index contributed by atoms with van der Waals surface area (Å²) in [7, 11) is 0. The number of hydrogen-bond acceptors (Lipinski definition) is 4. The van der Waals surface area contributed by atoms with Gasteiger partial charge in [0.15, 0.2) is 0 Å². The van der Waals surface area contributed by atoms with Gasteiger partial charge >= 0.3 is 0 Å². The summed E-state index contributed by atoms with van der Waals surface area (Å²) in [5, 5.41) is 2.69. The molecule has 1 N–H and O–H groups in total. The van der Waals surface area contributed by atoms with Crippen LogP contribution in [0.25, 0.3) is 0 Å². The minimum absolute atomic E-state index is 0.0311. The van der Waals surface area contributed by atoms with E-state index in [2.05, 4.69) is 10.2 Å². The second-order valence-corrected chi connectivity index (χ2v) is 6.94. The summed E-state index contributed by atoms with van der Waals surface area (Å²) < 4.78 is 13.0. The molecule has 1 aliphatic heterocycles. The SMILES string of the molecule is CSC(C)C(=O)NCCC(=O)N1CCN(c2ccc(F)cc2)CC1. The monoisotopic (exact) mass is 353 g/mol. The quantitative estimate of drug-likeness (QED) is 0.846. The molecule has 0 radical (unpaired) electrons. The van der Waals surface area contributed by atoms with Crippen molar-refractivity contribution in [1.29, 1.82) is 0 Å². The third-order valence-corrected chi connectivity index (χ3v) is 5.11. The highest BCUT2D eigenvalue weighted by Crippen LogP contribution is 2.17. The maximum absolute atomic E-state index is 13.0. The standard InChI is InChI=1S/C17H24FN3O2S/c1-13(24-2)17(23)19-8-7-16(22)21-11-9-20(10-12-21)15-5-3-14(18)4-6-15/h3-6,13H,7-12H2,1-2H3,(H,19,23). The molecule has 1 aromatic carbocycles. The van der Waals surface area contributed by atoms with E-state index < -0.39 is 0 Å². The van der Waals surface area contributed by atoms with E-state index in [0.29, 0.717) is 26.1 Å². The molecule has 2 amide bonds. The Labute approximate surface area is 146 Å². The van der Waals surface area contributed by atoms with Crippen LogP contribution in [0.15, 0.2) is 24.3 Å². The molecule has 1 atom stereocenters. The van der Waals surface area contributed by atoms with Gasteiger partial charge in [-0.25, -0.2) is 4.39 Å². The van der Waals surface area contributed by atoms with Crippen LogP contribution in [0.4, 0.5) is 10.1 Å². The van der Waals surface area contributed by atoms with Crippen molar-refractivity contribution in [3.63, 3.8) is 0 Å². The van der Waals surface area contributed by atoms with Crippen LogP contribution in [0.1, 0.15) is 13.3 Å². The number of benzene rings is 1. The third kappa shape index (κ3) is 5.12. The molecular formula is C17H24FN3O2S. The van der Waals surface area contributed by atoms with Crippen molar-refractivity contribution in [1.82, 2.24) is 10.2 Å². The first-order chi connectivity index (χ1) is 11.5. The van der Waals surface area contributed by atoms with E-state index in [1.807, 2.05) is 18.1 Å². The van der Waals surface area contributed by atoms with Crippen LogP contribution in [-0.2, 0) is 9.59 Å². The number of nitrogens with zero attached hydrogens (tertiary/aromatic N) is 2. The summed E-state index contributed by atoms with van der Waals surface area (Å²) in [4.78, 5) is 27.8. The molecule has 0 aliphatic carbocycles. The summed E-state index contributed by atoms with van der Waals surface area (Å²) in [6, 6.07) is 6.42. The van der Waals surface area contributed by atoms with Crippen LogP contribution in [0.3, 0.4) is 0 Å². The van der Waals surface area contributed by atoms with Gasteiger partial charge in [0, 0.05) is 44.8 Å². The van der Waals surface area contributed by atoms with Crippen LogP contribution in [-0.4, -0.2) is 60.9 Å². The smallest absolute Gasteiger partial charge is 0.232 e. The van der Waals surface area contributed by atoms with E-state index in [4.69, 9.17) is 0 Å². The van der Waals surface area contributed by atoms with Gasteiger partial charge in [-0.05, 0) is 37.4 Å². The fraction of sp³-hybridized carbons (Fsp3) is 0.529. The van der Waals surface area contributed by atoms with Crippen molar-refractivity contribution in [3.8, 4) is 0 Å². The second-order valence-electron chi connectivity index (χ2n) is 5.76. The molecule has 0 spiro atoms. The van der Waals surface area contributed by atoms with E-state index in [-0.39, 0.29) is 22.9 Å². The van der Waals surface area contributed by atoms with Crippen LogP contribution in [0, 0.1) is 5.82 Å². The van der Waals surface area contributed by atoms with Gasteiger partial charge in [0.25, 0.3) is 0 Å². The second kappa shape index (κ2) is 8.92. The Hall–Kier alpha value is -1.76. The van der Waals surface area contributed by atoms with Crippen LogP contribution in [0.2, 0.25) is 0 Å². The number of nitrogens with one attached hydrogen (secondary N) is 1.